The number of hydrogen-bond donors (Lipinski definition) is 0. The quantitative estimate of drug-likeness (QED) is 0.258. The molecule has 0 heterocycles. The molecule has 0 spiro atoms. The molecule has 10 heteroatoms. The molecule has 0 aliphatic carbocycles. The minimum atomic E-state index is -3.75. The number of nitrogens with zero attached hydrogens (tertiary/aromatic N) is 1. The van der Waals surface area contributed by atoms with Crippen LogP contribution in [0, 0.1) is 0 Å². The molecule has 0 aliphatic heterocycles. The Morgan fingerprint density at radius 2 is 1.67 bits per heavy atom. The van der Waals surface area contributed by atoms with Crippen LogP contribution in [0.25, 0.3) is 0 Å². The third kappa shape index (κ3) is 7.04. The highest BCUT2D eigenvalue weighted by molar-refractivity contribution is 7.51. The number of carbonyl (C=O) groups is 1. The molecule has 0 saturated heterocycles. The van der Waals surface area contributed by atoms with Crippen LogP contribution in [0.3, 0.4) is 0 Å². The molecule has 0 aliphatic rings. The van der Waals surface area contributed by atoms with Gasteiger partial charge in [0.2, 0.25) is 10.0 Å². The van der Waals surface area contributed by atoms with Crippen LogP contribution < -0.4 is 0 Å². The molecule has 126 valence electrons. The van der Waals surface area contributed by atoms with E-state index in [1.54, 1.807) is 13.8 Å². The van der Waals surface area contributed by atoms with E-state index in [1.165, 1.54) is 6.92 Å². The molecule has 0 aromatic rings. The van der Waals surface area contributed by atoms with Crippen molar-refractivity contribution in [1.29, 1.82) is 0 Å². The standard InChI is InChI=1S/C11H21Cl3NO5P/c1-5-8-15(21(17,18-6-2)19-7-3)10(11(12,13)14)20-9(4)16/h10H,5-8H2,1-4H3. The SMILES string of the molecule is CCCN(C(OC(C)=O)C(Cl)(Cl)Cl)P(=O)(OCC)OCC. The zero-order valence-electron chi connectivity index (χ0n) is 12.5. The van der Waals surface area contributed by atoms with Gasteiger partial charge in [0.05, 0.1) is 13.2 Å². The molecule has 0 N–H and O–H groups in total. The monoisotopic (exact) mass is 383 g/mol. The molecule has 1 atom stereocenters. The van der Waals surface area contributed by atoms with Crippen LogP contribution >= 0.6 is 42.5 Å². The van der Waals surface area contributed by atoms with Gasteiger partial charge in [0.25, 0.3) is 0 Å². The van der Waals surface area contributed by atoms with E-state index in [1.807, 2.05) is 6.92 Å². The molecule has 21 heavy (non-hydrogen) atoms. The minimum Gasteiger partial charge on any atom is -0.441 e. The summed E-state index contributed by atoms with van der Waals surface area (Å²) in [6.45, 7) is 6.77. The van der Waals surface area contributed by atoms with Crippen molar-refractivity contribution in [3.05, 3.63) is 0 Å². The molecule has 0 amide bonds. The lowest BCUT2D eigenvalue weighted by atomic mass is 10.4. The first kappa shape index (κ1) is 21.4. The topological polar surface area (TPSA) is 65.1 Å². The van der Waals surface area contributed by atoms with E-state index < -0.39 is 23.7 Å². The van der Waals surface area contributed by atoms with E-state index >= 15 is 0 Å². The lowest BCUT2D eigenvalue weighted by molar-refractivity contribution is -0.152. The second-order valence-corrected chi connectivity index (χ2v) is 8.31. The number of halogens is 3. The van der Waals surface area contributed by atoms with Crippen LogP contribution in [0.15, 0.2) is 0 Å². The van der Waals surface area contributed by atoms with Gasteiger partial charge in [-0.25, -0.2) is 4.57 Å². The zero-order valence-corrected chi connectivity index (χ0v) is 15.6. The van der Waals surface area contributed by atoms with Crippen molar-refractivity contribution in [1.82, 2.24) is 4.67 Å². The molecule has 6 nitrogen and oxygen atoms in total. The lowest BCUT2D eigenvalue weighted by Gasteiger charge is -2.37. The van der Waals surface area contributed by atoms with Gasteiger partial charge in [0, 0.05) is 13.5 Å². The highest BCUT2D eigenvalue weighted by Gasteiger charge is 2.48. The predicted molar refractivity (Wildman–Crippen MR) is 83.7 cm³/mol. The molecule has 0 saturated carbocycles. The second-order valence-electron chi connectivity index (χ2n) is 3.97. The summed E-state index contributed by atoms with van der Waals surface area (Å²) < 4.78 is 27.5. The summed E-state index contributed by atoms with van der Waals surface area (Å²) in [5.74, 6) is -0.674. The van der Waals surface area contributed by atoms with Crippen molar-refractivity contribution in [2.75, 3.05) is 19.8 Å². The van der Waals surface area contributed by atoms with Gasteiger partial charge in [-0.1, -0.05) is 41.7 Å². The molecule has 1 unspecified atom stereocenters. The molecule has 0 aromatic carbocycles. The smallest absolute Gasteiger partial charge is 0.411 e. The van der Waals surface area contributed by atoms with Crippen molar-refractivity contribution in [3.8, 4) is 0 Å². The third-order valence-electron chi connectivity index (χ3n) is 2.18. The Morgan fingerprint density at radius 1 is 1.19 bits per heavy atom. The Bertz CT molecular complexity index is 367. The van der Waals surface area contributed by atoms with Crippen LogP contribution in [0.1, 0.15) is 34.1 Å². The summed E-state index contributed by atoms with van der Waals surface area (Å²) in [4.78, 5) is 11.3. The number of rotatable bonds is 9. The molecule has 0 rings (SSSR count). The highest BCUT2D eigenvalue weighted by Crippen LogP contribution is 2.56. The van der Waals surface area contributed by atoms with Gasteiger partial charge in [-0.05, 0) is 20.3 Å². The van der Waals surface area contributed by atoms with Gasteiger partial charge in [-0.15, -0.1) is 0 Å². The Hall–Kier alpha value is 0.450. The Balaban J connectivity index is 5.65. The van der Waals surface area contributed by atoms with Gasteiger partial charge in [-0.3, -0.25) is 13.8 Å². The van der Waals surface area contributed by atoms with Crippen LogP contribution in [-0.4, -0.2) is 40.4 Å². The first-order valence-electron chi connectivity index (χ1n) is 6.52. The lowest BCUT2D eigenvalue weighted by Crippen LogP contribution is -2.46. The number of ether oxygens (including phenoxy) is 1. The number of alkyl halides is 3. The van der Waals surface area contributed by atoms with Crippen molar-refractivity contribution < 1.29 is 23.1 Å². The molecular weight excluding hydrogens is 363 g/mol. The predicted octanol–water partition coefficient (Wildman–Crippen LogP) is 4.14. The summed E-state index contributed by atoms with van der Waals surface area (Å²) in [7, 11) is -3.75. The molecular formula is C11H21Cl3NO5P. The maximum absolute atomic E-state index is 12.9. The number of hydrogen-bond acceptors (Lipinski definition) is 5. The van der Waals surface area contributed by atoms with Crippen molar-refractivity contribution in [3.63, 3.8) is 0 Å². The molecule has 0 fully saturated rings. The second kappa shape index (κ2) is 9.56. The summed E-state index contributed by atoms with van der Waals surface area (Å²) in [6.07, 6.45) is -0.827. The van der Waals surface area contributed by atoms with Crippen LogP contribution in [-0.2, 0) is 23.1 Å². The van der Waals surface area contributed by atoms with Crippen molar-refractivity contribution >= 4 is 48.5 Å². The average Bonchev–Trinajstić information content (AvgIpc) is 2.32. The molecule has 0 bridgehead atoms. The maximum Gasteiger partial charge on any atom is 0.411 e. The van der Waals surface area contributed by atoms with E-state index in [2.05, 4.69) is 0 Å². The molecule has 0 radical (unpaired) electrons. The summed E-state index contributed by atoms with van der Waals surface area (Å²) >= 11 is 17.6. The number of esters is 1. The maximum atomic E-state index is 12.9. The first-order chi connectivity index (χ1) is 9.62. The van der Waals surface area contributed by atoms with Crippen LogP contribution in [0.5, 0.6) is 0 Å². The van der Waals surface area contributed by atoms with Gasteiger partial charge < -0.3 is 4.74 Å². The fourth-order valence-corrected chi connectivity index (χ4v) is 4.20. The fourth-order valence-electron chi connectivity index (χ4n) is 1.56. The largest absolute Gasteiger partial charge is 0.441 e. The Labute approximate surface area is 140 Å². The van der Waals surface area contributed by atoms with Crippen LogP contribution in [0.2, 0.25) is 0 Å². The van der Waals surface area contributed by atoms with E-state index in [0.717, 1.165) is 4.67 Å². The van der Waals surface area contributed by atoms with Gasteiger partial charge in [0.1, 0.15) is 0 Å². The zero-order chi connectivity index (χ0) is 16.7. The number of carbonyl (C=O) groups excluding carboxylic acids is 1. The van der Waals surface area contributed by atoms with Crippen molar-refractivity contribution in [2.24, 2.45) is 0 Å². The normalized spacial score (nSPS) is 14.3. The summed E-state index contributed by atoms with van der Waals surface area (Å²) in [5, 5.41) is 0. The Morgan fingerprint density at radius 3 is 1.95 bits per heavy atom. The molecule has 0 aromatic heterocycles. The first-order valence-corrected chi connectivity index (χ1v) is 9.15. The average molecular weight is 385 g/mol. The highest BCUT2D eigenvalue weighted by atomic mass is 35.6. The van der Waals surface area contributed by atoms with Crippen molar-refractivity contribution in [2.45, 2.75) is 44.1 Å². The minimum absolute atomic E-state index is 0.129. The van der Waals surface area contributed by atoms with E-state index in [0.29, 0.717) is 6.42 Å². The fraction of sp³-hybridized carbons (Fsp3) is 0.909. The van der Waals surface area contributed by atoms with Gasteiger partial charge in [0.15, 0.2) is 0 Å². The van der Waals surface area contributed by atoms with Crippen LogP contribution in [0.4, 0.5) is 0 Å². The third-order valence-corrected chi connectivity index (χ3v) is 4.95. The van der Waals surface area contributed by atoms with E-state index in [-0.39, 0.29) is 19.8 Å². The van der Waals surface area contributed by atoms with E-state index in [4.69, 9.17) is 48.6 Å². The Kier molecular flexibility index (Phi) is 9.76. The van der Waals surface area contributed by atoms with Gasteiger partial charge in [-0.2, -0.15) is 4.67 Å². The van der Waals surface area contributed by atoms with Gasteiger partial charge >= 0.3 is 13.7 Å². The summed E-state index contributed by atoms with van der Waals surface area (Å²) in [5.41, 5.74) is 0. The van der Waals surface area contributed by atoms with E-state index in [9.17, 15) is 9.36 Å². The summed E-state index contributed by atoms with van der Waals surface area (Å²) in [6, 6.07) is 0.